The summed E-state index contributed by atoms with van der Waals surface area (Å²) in [6, 6.07) is 10.4. The Labute approximate surface area is 225 Å². The van der Waals surface area contributed by atoms with Gasteiger partial charge < -0.3 is 14.6 Å². The van der Waals surface area contributed by atoms with E-state index in [0.29, 0.717) is 46.1 Å². The standard InChI is InChI=1S/C25H29ClN6O3SSi/c1-17-11-20(30-24(29-17)35-21-8-6-5-7-19(21)26)22-14-32(16-34-9-10-37(2,3)4)25(36-22)31-23-13-27-18(15-33)12-28-23/h5-8,11-14,33H,9-10,15-16H2,1-4H3/b31-25-. The molecule has 0 saturated heterocycles. The van der Waals surface area contributed by atoms with Gasteiger partial charge in [-0.25, -0.2) is 9.97 Å². The summed E-state index contributed by atoms with van der Waals surface area (Å²) in [4.78, 5) is 23.7. The number of para-hydroxylation sites is 1. The molecule has 37 heavy (non-hydrogen) atoms. The molecule has 0 spiro atoms. The summed E-state index contributed by atoms with van der Waals surface area (Å²) in [6.07, 6.45) is 4.99. The van der Waals surface area contributed by atoms with E-state index in [1.165, 1.54) is 23.7 Å². The van der Waals surface area contributed by atoms with Crippen LogP contribution in [0.4, 0.5) is 5.82 Å². The molecule has 0 aliphatic rings. The van der Waals surface area contributed by atoms with Gasteiger partial charge in [0, 0.05) is 26.6 Å². The Balaban J connectivity index is 1.67. The molecule has 3 aromatic heterocycles. The minimum atomic E-state index is -1.21. The quantitative estimate of drug-likeness (QED) is 0.200. The summed E-state index contributed by atoms with van der Waals surface area (Å²) in [6.45, 7) is 9.70. The maximum atomic E-state index is 9.24. The molecule has 0 amide bonds. The molecule has 0 bridgehead atoms. The van der Waals surface area contributed by atoms with E-state index < -0.39 is 8.07 Å². The van der Waals surface area contributed by atoms with Crippen LogP contribution in [0.15, 0.2) is 53.9 Å². The normalized spacial score (nSPS) is 12.2. The van der Waals surface area contributed by atoms with Gasteiger partial charge in [-0.15, -0.1) is 0 Å². The number of rotatable bonds is 10. The molecule has 0 saturated carbocycles. The number of benzene rings is 1. The molecule has 0 aliphatic heterocycles. The molecule has 194 valence electrons. The molecule has 4 rings (SSSR count). The molecular formula is C25H29ClN6O3SSi. The number of aryl methyl sites for hydroxylation is 1. The summed E-state index contributed by atoms with van der Waals surface area (Å²) in [5.41, 5.74) is 1.93. The Morgan fingerprint density at radius 2 is 1.95 bits per heavy atom. The Bertz CT molecular complexity index is 1420. The molecule has 0 atom stereocenters. The molecule has 9 nitrogen and oxygen atoms in total. The molecule has 0 aliphatic carbocycles. The van der Waals surface area contributed by atoms with Crippen molar-refractivity contribution in [1.29, 1.82) is 0 Å². The fraction of sp³-hybridized carbons (Fsp3) is 0.320. The fourth-order valence-corrected chi connectivity index (χ4v) is 5.02. The number of thiazole rings is 1. The van der Waals surface area contributed by atoms with Crippen LogP contribution in [0.5, 0.6) is 11.8 Å². The van der Waals surface area contributed by atoms with E-state index in [-0.39, 0.29) is 12.6 Å². The van der Waals surface area contributed by atoms with E-state index in [2.05, 4.69) is 44.6 Å². The number of ether oxygens (including phenoxy) is 2. The Kier molecular flexibility index (Phi) is 8.82. The lowest BCUT2D eigenvalue weighted by Crippen LogP contribution is -2.23. The molecular weight excluding hydrogens is 528 g/mol. The van der Waals surface area contributed by atoms with Crippen LogP contribution < -0.4 is 9.54 Å². The SMILES string of the molecule is Cc1cc(-c2cn(COCC[Si](C)(C)C)/c(=N/c3cnc(CO)cn3)s2)nc(Oc2ccccc2Cl)n1. The van der Waals surface area contributed by atoms with E-state index in [9.17, 15) is 5.11 Å². The number of aliphatic hydroxyl groups excluding tert-OH is 1. The van der Waals surface area contributed by atoms with Gasteiger partial charge in [0.05, 0.1) is 40.3 Å². The van der Waals surface area contributed by atoms with Crippen molar-refractivity contribution in [1.82, 2.24) is 24.5 Å². The second kappa shape index (κ2) is 12.1. The summed E-state index contributed by atoms with van der Waals surface area (Å²) in [7, 11) is -1.21. The van der Waals surface area contributed by atoms with Crippen LogP contribution in [-0.4, -0.2) is 44.3 Å². The average molecular weight is 557 g/mol. The first-order chi connectivity index (χ1) is 17.7. The largest absolute Gasteiger partial charge is 0.423 e. The number of halogens is 1. The van der Waals surface area contributed by atoms with Crippen LogP contribution in [0.3, 0.4) is 0 Å². The van der Waals surface area contributed by atoms with Crippen molar-refractivity contribution >= 4 is 36.8 Å². The zero-order valence-corrected chi connectivity index (χ0v) is 23.8. The third-order valence-electron chi connectivity index (χ3n) is 5.13. The molecule has 1 N–H and O–H groups in total. The highest BCUT2D eigenvalue weighted by molar-refractivity contribution is 7.12. The lowest BCUT2D eigenvalue weighted by molar-refractivity contribution is 0.0855. The van der Waals surface area contributed by atoms with Gasteiger partial charge in [-0.2, -0.15) is 9.98 Å². The van der Waals surface area contributed by atoms with Crippen LogP contribution in [-0.2, 0) is 18.1 Å². The highest BCUT2D eigenvalue weighted by Crippen LogP contribution is 2.29. The van der Waals surface area contributed by atoms with Crippen LogP contribution in [0, 0.1) is 6.92 Å². The van der Waals surface area contributed by atoms with Gasteiger partial charge in [0.15, 0.2) is 10.6 Å². The average Bonchev–Trinajstić information content (AvgIpc) is 3.25. The smallest absolute Gasteiger partial charge is 0.322 e. The molecule has 0 unspecified atom stereocenters. The van der Waals surface area contributed by atoms with Gasteiger partial charge in [0.1, 0.15) is 12.5 Å². The van der Waals surface area contributed by atoms with Crippen molar-refractivity contribution in [3.63, 3.8) is 0 Å². The van der Waals surface area contributed by atoms with Crippen molar-refractivity contribution in [2.24, 2.45) is 4.99 Å². The monoisotopic (exact) mass is 556 g/mol. The maximum absolute atomic E-state index is 9.24. The predicted molar refractivity (Wildman–Crippen MR) is 147 cm³/mol. The lowest BCUT2D eigenvalue weighted by atomic mass is 10.3. The number of hydrogen-bond acceptors (Lipinski definition) is 9. The number of hydrogen-bond donors (Lipinski definition) is 1. The number of aromatic nitrogens is 5. The fourth-order valence-electron chi connectivity index (χ4n) is 3.14. The highest BCUT2D eigenvalue weighted by atomic mass is 35.5. The van der Waals surface area contributed by atoms with Crippen LogP contribution >= 0.6 is 22.9 Å². The zero-order valence-electron chi connectivity index (χ0n) is 21.2. The zero-order chi connectivity index (χ0) is 26.4. The molecule has 0 fully saturated rings. The van der Waals surface area contributed by atoms with Crippen LogP contribution in [0.2, 0.25) is 30.7 Å². The first-order valence-electron chi connectivity index (χ1n) is 11.7. The Morgan fingerprint density at radius 1 is 1.14 bits per heavy atom. The van der Waals surface area contributed by atoms with Crippen molar-refractivity contribution in [3.05, 3.63) is 70.1 Å². The predicted octanol–water partition coefficient (Wildman–Crippen LogP) is 5.59. The van der Waals surface area contributed by atoms with Gasteiger partial charge in [-0.3, -0.25) is 9.55 Å². The topological polar surface area (TPSA) is 108 Å². The van der Waals surface area contributed by atoms with Crippen molar-refractivity contribution < 1.29 is 14.6 Å². The number of aliphatic hydroxyl groups is 1. The molecule has 0 radical (unpaired) electrons. The molecule has 4 aromatic rings. The third kappa shape index (κ3) is 7.76. The second-order valence-electron chi connectivity index (χ2n) is 9.54. The maximum Gasteiger partial charge on any atom is 0.322 e. The van der Waals surface area contributed by atoms with E-state index in [1.54, 1.807) is 12.1 Å². The lowest BCUT2D eigenvalue weighted by Gasteiger charge is -2.15. The van der Waals surface area contributed by atoms with Crippen LogP contribution in [0.1, 0.15) is 11.4 Å². The van der Waals surface area contributed by atoms with E-state index in [0.717, 1.165) is 16.6 Å². The summed E-state index contributed by atoms with van der Waals surface area (Å²) < 4.78 is 13.8. The Morgan fingerprint density at radius 3 is 2.65 bits per heavy atom. The van der Waals surface area contributed by atoms with Gasteiger partial charge in [-0.05, 0) is 31.2 Å². The van der Waals surface area contributed by atoms with Crippen molar-refractivity contribution in [2.75, 3.05) is 6.61 Å². The van der Waals surface area contributed by atoms with Crippen molar-refractivity contribution in [2.45, 2.75) is 45.9 Å². The third-order valence-corrected chi connectivity index (χ3v) is 8.19. The summed E-state index contributed by atoms with van der Waals surface area (Å²) in [5, 5.41) is 9.72. The van der Waals surface area contributed by atoms with E-state index >= 15 is 0 Å². The van der Waals surface area contributed by atoms with Gasteiger partial charge in [0.2, 0.25) is 0 Å². The Hall–Kier alpha value is -2.96. The van der Waals surface area contributed by atoms with Crippen LogP contribution in [0.25, 0.3) is 10.6 Å². The first-order valence-corrected chi connectivity index (χ1v) is 16.6. The molecule has 1 aromatic carbocycles. The van der Waals surface area contributed by atoms with Gasteiger partial charge in [-0.1, -0.05) is 54.7 Å². The molecule has 3 heterocycles. The first kappa shape index (κ1) is 27.1. The van der Waals surface area contributed by atoms with Gasteiger partial charge >= 0.3 is 6.01 Å². The summed E-state index contributed by atoms with van der Waals surface area (Å²) in [5.74, 6) is 0.918. The number of nitrogens with zero attached hydrogens (tertiary/aromatic N) is 6. The minimum Gasteiger partial charge on any atom is -0.423 e. The highest BCUT2D eigenvalue weighted by Gasteiger charge is 2.14. The van der Waals surface area contributed by atoms with E-state index in [1.807, 2.05) is 35.9 Å². The van der Waals surface area contributed by atoms with Crippen molar-refractivity contribution in [3.8, 4) is 22.3 Å². The van der Waals surface area contributed by atoms with E-state index in [4.69, 9.17) is 21.1 Å². The minimum absolute atomic E-state index is 0.174. The molecule has 12 heteroatoms. The second-order valence-corrected chi connectivity index (χ2v) is 16.6. The summed E-state index contributed by atoms with van der Waals surface area (Å²) >= 11 is 7.69. The van der Waals surface area contributed by atoms with Gasteiger partial charge in [0.25, 0.3) is 0 Å².